The molecule has 3 aromatic rings. The average molecular weight is 456 g/mol. The maximum atomic E-state index is 13.2. The molecule has 2 atom stereocenters. The lowest BCUT2D eigenvalue weighted by Crippen LogP contribution is -2.43. The van der Waals surface area contributed by atoms with Gasteiger partial charge >= 0.3 is 6.09 Å². The molecule has 3 aliphatic rings. The third-order valence-corrected chi connectivity index (χ3v) is 7.90. The van der Waals surface area contributed by atoms with Crippen molar-refractivity contribution in [1.29, 1.82) is 0 Å². The Morgan fingerprint density at radius 1 is 1.00 bits per heavy atom. The number of hydrogen-bond donors (Lipinski definition) is 0. The number of hydrogen-bond acceptors (Lipinski definition) is 2. The molecule has 2 aliphatic heterocycles. The highest BCUT2D eigenvalue weighted by molar-refractivity contribution is 6.31. The molecule has 2 unspecified atom stereocenters. The van der Waals surface area contributed by atoms with Crippen LogP contribution in [0.4, 0.5) is 4.79 Å². The summed E-state index contributed by atoms with van der Waals surface area (Å²) in [5.74, 6) is 0.0898. The van der Waals surface area contributed by atoms with Gasteiger partial charge in [0, 0.05) is 17.0 Å². The number of fused-ring (bicyclic) bond motifs is 5. The third kappa shape index (κ3) is 3.46. The average Bonchev–Trinajstić information content (AvgIpc) is 3.30. The standard InChI is InChI=1S/C29H26ClNO2/c1-18-14-19(10-13-28(18)30)20-15-21-11-12-22(16-20)31(21)29(32)33-17-27-25-8-4-2-6-23(25)24-7-3-5-9-26(24)27/h2-10,13-15,21-22,27H,11-12,16-17H2,1H3. The molecule has 0 radical (unpaired) electrons. The minimum absolute atomic E-state index is 0.0898. The first-order valence-corrected chi connectivity index (χ1v) is 12.1. The maximum Gasteiger partial charge on any atom is 0.410 e. The molecule has 33 heavy (non-hydrogen) atoms. The number of ether oxygens (including phenoxy) is 1. The number of aryl methyl sites for hydroxylation is 1. The number of benzene rings is 3. The second kappa shape index (κ2) is 8.07. The first-order chi connectivity index (χ1) is 16.1. The van der Waals surface area contributed by atoms with Gasteiger partial charge in [0.2, 0.25) is 0 Å². The lowest BCUT2D eigenvalue weighted by atomic mass is 9.94. The number of amides is 1. The largest absolute Gasteiger partial charge is 0.448 e. The van der Waals surface area contributed by atoms with Gasteiger partial charge in [-0.25, -0.2) is 4.79 Å². The Morgan fingerprint density at radius 2 is 1.70 bits per heavy atom. The third-order valence-electron chi connectivity index (χ3n) is 7.47. The van der Waals surface area contributed by atoms with E-state index in [1.165, 1.54) is 33.4 Å². The van der Waals surface area contributed by atoms with Crippen molar-refractivity contribution in [1.82, 2.24) is 4.90 Å². The Hall–Kier alpha value is -3.04. The van der Waals surface area contributed by atoms with Crippen LogP contribution in [-0.2, 0) is 4.74 Å². The van der Waals surface area contributed by atoms with Gasteiger partial charge in [0.25, 0.3) is 0 Å². The van der Waals surface area contributed by atoms with Gasteiger partial charge < -0.3 is 4.74 Å². The summed E-state index contributed by atoms with van der Waals surface area (Å²) >= 11 is 6.22. The summed E-state index contributed by atoms with van der Waals surface area (Å²) in [6.07, 6.45) is 4.94. The van der Waals surface area contributed by atoms with E-state index in [9.17, 15) is 4.79 Å². The Labute approximate surface area is 199 Å². The molecule has 0 saturated carbocycles. The van der Waals surface area contributed by atoms with E-state index >= 15 is 0 Å². The van der Waals surface area contributed by atoms with E-state index < -0.39 is 0 Å². The van der Waals surface area contributed by atoms with E-state index in [1.807, 2.05) is 17.9 Å². The van der Waals surface area contributed by atoms with Crippen LogP contribution in [0, 0.1) is 6.92 Å². The first kappa shape index (κ1) is 20.6. The molecule has 1 amide bonds. The molecular weight excluding hydrogens is 430 g/mol. The molecule has 3 nitrogen and oxygen atoms in total. The maximum absolute atomic E-state index is 13.2. The zero-order valence-electron chi connectivity index (χ0n) is 18.6. The van der Waals surface area contributed by atoms with Gasteiger partial charge in [0.05, 0.1) is 6.04 Å². The van der Waals surface area contributed by atoms with Crippen molar-refractivity contribution in [2.24, 2.45) is 0 Å². The van der Waals surface area contributed by atoms with Gasteiger partial charge in [-0.1, -0.05) is 78.3 Å². The molecule has 0 spiro atoms. The molecule has 3 aromatic carbocycles. The van der Waals surface area contributed by atoms with Crippen LogP contribution in [-0.4, -0.2) is 29.7 Å². The van der Waals surface area contributed by atoms with Crippen LogP contribution in [0.2, 0.25) is 5.02 Å². The van der Waals surface area contributed by atoms with Crippen LogP contribution < -0.4 is 0 Å². The molecule has 2 bridgehead atoms. The van der Waals surface area contributed by atoms with E-state index in [-0.39, 0.29) is 24.1 Å². The number of rotatable bonds is 3. The minimum atomic E-state index is -0.188. The number of carbonyl (C=O) groups is 1. The van der Waals surface area contributed by atoms with Crippen molar-refractivity contribution in [2.45, 2.75) is 44.2 Å². The van der Waals surface area contributed by atoms with Gasteiger partial charge in [0.15, 0.2) is 0 Å². The summed E-state index contributed by atoms with van der Waals surface area (Å²) in [6.45, 7) is 2.41. The van der Waals surface area contributed by atoms with E-state index in [1.54, 1.807) is 0 Å². The zero-order chi connectivity index (χ0) is 22.5. The molecule has 4 heteroatoms. The highest BCUT2D eigenvalue weighted by atomic mass is 35.5. The summed E-state index contributed by atoms with van der Waals surface area (Å²) in [5, 5.41) is 0.790. The fourth-order valence-electron chi connectivity index (χ4n) is 5.84. The zero-order valence-corrected chi connectivity index (χ0v) is 19.4. The highest BCUT2D eigenvalue weighted by Crippen LogP contribution is 2.45. The van der Waals surface area contributed by atoms with Crippen LogP contribution >= 0.6 is 11.6 Å². The molecule has 2 heterocycles. The normalized spacial score (nSPS) is 20.9. The quantitative estimate of drug-likeness (QED) is 0.417. The van der Waals surface area contributed by atoms with Gasteiger partial charge in [0.1, 0.15) is 6.61 Å². The van der Waals surface area contributed by atoms with Crippen LogP contribution in [0.1, 0.15) is 47.4 Å². The molecule has 0 aromatic heterocycles. The van der Waals surface area contributed by atoms with E-state index in [0.29, 0.717) is 6.61 Å². The van der Waals surface area contributed by atoms with Crippen LogP contribution in [0.15, 0.2) is 72.8 Å². The molecule has 1 fully saturated rings. The summed E-state index contributed by atoms with van der Waals surface area (Å²) in [4.78, 5) is 15.2. The van der Waals surface area contributed by atoms with Gasteiger partial charge in [-0.05, 0) is 71.2 Å². The van der Waals surface area contributed by atoms with E-state index in [0.717, 1.165) is 29.8 Å². The van der Waals surface area contributed by atoms with Gasteiger partial charge in [-0.3, -0.25) is 4.90 Å². The highest BCUT2D eigenvalue weighted by Gasteiger charge is 2.41. The van der Waals surface area contributed by atoms with Crippen molar-refractivity contribution in [3.05, 3.63) is 100 Å². The number of carbonyl (C=O) groups excluding carboxylic acids is 1. The van der Waals surface area contributed by atoms with Gasteiger partial charge in [-0.15, -0.1) is 0 Å². The molecule has 6 rings (SSSR count). The first-order valence-electron chi connectivity index (χ1n) is 11.7. The molecule has 0 N–H and O–H groups in total. The summed E-state index contributed by atoms with van der Waals surface area (Å²) in [5.41, 5.74) is 8.59. The summed E-state index contributed by atoms with van der Waals surface area (Å²) < 4.78 is 5.98. The SMILES string of the molecule is Cc1cc(C2=CC3CCC(C2)N3C(=O)OCC2c3ccccc3-c3ccccc32)ccc1Cl. The second-order valence-corrected chi connectivity index (χ2v) is 9.78. The fraction of sp³-hybridized carbons (Fsp3) is 0.276. The Bertz CT molecular complexity index is 1230. The number of nitrogens with zero attached hydrogens (tertiary/aromatic N) is 1. The van der Waals surface area contributed by atoms with Crippen LogP contribution in [0.25, 0.3) is 16.7 Å². The van der Waals surface area contributed by atoms with Crippen LogP contribution in [0.5, 0.6) is 0 Å². The topological polar surface area (TPSA) is 29.5 Å². The van der Waals surface area contributed by atoms with Crippen molar-refractivity contribution >= 4 is 23.3 Å². The Morgan fingerprint density at radius 3 is 2.36 bits per heavy atom. The smallest absolute Gasteiger partial charge is 0.410 e. The summed E-state index contributed by atoms with van der Waals surface area (Å²) in [6, 6.07) is 23.4. The van der Waals surface area contributed by atoms with Crippen molar-refractivity contribution in [3.8, 4) is 11.1 Å². The molecular formula is C29H26ClNO2. The lowest BCUT2D eigenvalue weighted by Gasteiger charge is -2.33. The molecule has 1 aliphatic carbocycles. The predicted octanol–water partition coefficient (Wildman–Crippen LogP) is 7.22. The Balaban J connectivity index is 1.20. The van der Waals surface area contributed by atoms with Crippen molar-refractivity contribution < 1.29 is 9.53 Å². The van der Waals surface area contributed by atoms with Crippen molar-refractivity contribution in [3.63, 3.8) is 0 Å². The second-order valence-electron chi connectivity index (χ2n) is 9.37. The number of halogens is 1. The molecule has 166 valence electrons. The van der Waals surface area contributed by atoms with Gasteiger partial charge in [-0.2, -0.15) is 0 Å². The molecule has 1 saturated heterocycles. The predicted molar refractivity (Wildman–Crippen MR) is 133 cm³/mol. The fourth-order valence-corrected chi connectivity index (χ4v) is 5.96. The minimum Gasteiger partial charge on any atom is -0.448 e. The summed E-state index contributed by atoms with van der Waals surface area (Å²) in [7, 11) is 0. The van der Waals surface area contributed by atoms with Crippen LogP contribution in [0.3, 0.4) is 0 Å². The van der Waals surface area contributed by atoms with E-state index in [4.69, 9.17) is 16.3 Å². The van der Waals surface area contributed by atoms with Crippen molar-refractivity contribution in [2.75, 3.05) is 6.61 Å². The monoisotopic (exact) mass is 455 g/mol. The Kier molecular flexibility index (Phi) is 5.03. The lowest BCUT2D eigenvalue weighted by molar-refractivity contribution is 0.0866. The van der Waals surface area contributed by atoms with E-state index in [2.05, 4.69) is 66.7 Å².